The number of nitrogens with two attached hydrogens (primary N) is 1. The number of sulfonamides is 1. The number of rotatable bonds is 1. The predicted octanol–water partition coefficient (Wildman–Crippen LogP) is 2.47. The van der Waals surface area contributed by atoms with E-state index in [1.165, 1.54) is 12.1 Å². The minimum atomic E-state index is -3.50. The zero-order valence-electron chi connectivity index (χ0n) is 10.9. The lowest BCUT2D eigenvalue weighted by molar-refractivity contribution is 0.450. The largest absolute Gasteiger partial charge is 0.356 e. The van der Waals surface area contributed by atoms with Crippen LogP contribution in [0.25, 0.3) is 11.0 Å². The van der Waals surface area contributed by atoms with E-state index in [1.54, 1.807) is 18.2 Å². The van der Waals surface area contributed by atoms with Crippen molar-refractivity contribution in [3.63, 3.8) is 0 Å². The third-order valence-corrected chi connectivity index (χ3v) is 3.56. The van der Waals surface area contributed by atoms with Crippen LogP contribution in [0.4, 0.5) is 0 Å². The molecule has 0 aliphatic rings. The van der Waals surface area contributed by atoms with Gasteiger partial charge in [0, 0.05) is 5.39 Å². The molecule has 104 valence electrons. The summed E-state index contributed by atoms with van der Waals surface area (Å²) in [4.78, 5) is 0.148. The SMILES string of the molecule is Cc1noc2ccccc12.NS(=O)(=O)c1ccccc1. The molecule has 0 saturated carbocycles. The first kappa shape index (κ1) is 14.2. The molecule has 6 heteroatoms. The summed E-state index contributed by atoms with van der Waals surface area (Å²) in [5.74, 6) is 0. The summed E-state index contributed by atoms with van der Waals surface area (Å²) in [5.41, 5.74) is 1.82. The topological polar surface area (TPSA) is 86.2 Å². The minimum absolute atomic E-state index is 0.148. The zero-order valence-corrected chi connectivity index (χ0v) is 11.7. The van der Waals surface area contributed by atoms with Crippen LogP contribution in [0.5, 0.6) is 0 Å². The third kappa shape index (κ3) is 3.43. The normalized spacial score (nSPS) is 10.9. The van der Waals surface area contributed by atoms with Crippen molar-refractivity contribution in [2.75, 3.05) is 0 Å². The second-order valence-electron chi connectivity index (χ2n) is 4.12. The van der Waals surface area contributed by atoms with Gasteiger partial charge in [0.1, 0.15) is 0 Å². The van der Waals surface area contributed by atoms with Gasteiger partial charge in [-0.15, -0.1) is 0 Å². The van der Waals surface area contributed by atoms with Crippen molar-refractivity contribution in [3.8, 4) is 0 Å². The average Bonchev–Trinajstić information content (AvgIpc) is 2.82. The van der Waals surface area contributed by atoms with Crippen LogP contribution < -0.4 is 5.14 Å². The number of aryl methyl sites for hydroxylation is 1. The highest BCUT2D eigenvalue weighted by Gasteiger charge is 2.03. The lowest BCUT2D eigenvalue weighted by Gasteiger charge is -1.93. The van der Waals surface area contributed by atoms with Gasteiger partial charge in [0.2, 0.25) is 10.0 Å². The third-order valence-electron chi connectivity index (χ3n) is 2.63. The number of primary sulfonamides is 1. The fraction of sp³-hybridized carbons (Fsp3) is 0.0714. The van der Waals surface area contributed by atoms with Crippen LogP contribution in [0, 0.1) is 6.92 Å². The number of fused-ring (bicyclic) bond motifs is 1. The van der Waals surface area contributed by atoms with E-state index in [2.05, 4.69) is 5.16 Å². The van der Waals surface area contributed by atoms with E-state index in [9.17, 15) is 8.42 Å². The summed E-state index contributed by atoms with van der Waals surface area (Å²) in [6.07, 6.45) is 0. The van der Waals surface area contributed by atoms with Gasteiger partial charge >= 0.3 is 0 Å². The number of para-hydroxylation sites is 1. The first-order valence-electron chi connectivity index (χ1n) is 5.87. The van der Waals surface area contributed by atoms with E-state index in [-0.39, 0.29) is 4.90 Å². The monoisotopic (exact) mass is 290 g/mol. The van der Waals surface area contributed by atoms with Crippen LogP contribution in [0.2, 0.25) is 0 Å². The van der Waals surface area contributed by atoms with Crippen molar-refractivity contribution in [3.05, 3.63) is 60.3 Å². The molecule has 1 heterocycles. The summed E-state index contributed by atoms with van der Waals surface area (Å²) in [5, 5.41) is 9.75. The van der Waals surface area contributed by atoms with E-state index in [4.69, 9.17) is 9.66 Å². The molecular weight excluding hydrogens is 276 g/mol. The van der Waals surface area contributed by atoms with Gasteiger partial charge in [-0.05, 0) is 31.2 Å². The van der Waals surface area contributed by atoms with Crippen molar-refractivity contribution in [1.82, 2.24) is 5.16 Å². The van der Waals surface area contributed by atoms with Crippen LogP contribution in [0.1, 0.15) is 5.69 Å². The molecule has 1 aromatic heterocycles. The molecule has 3 aromatic rings. The van der Waals surface area contributed by atoms with Gasteiger partial charge in [-0.3, -0.25) is 0 Å². The van der Waals surface area contributed by atoms with Crippen molar-refractivity contribution in [2.45, 2.75) is 11.8 Å². The molecular formula is C14H14N2O3S. The van der Waals surface area contributed by atoms with Gasteiger partial charge in [0.25, 0.3) is 0 Å². The van der Waals surface area contributed by atoms with Gasteiger partial charge < -0.3 is 4.52 Å². The molecule has 3 rings (SSSR count). The van der Waals surface area contributed by atoms with E-state index in [1.807, 2.05) is 31.2 Å². The van der Waals surface area contributed by atoms with Crippen LogP contribution in [-0.2, 0) is 10.0 Å². The smallest absolute Gasteiger partial charge is 0.238 e. The Labute approximate surface area is 117 Å². The summed E-state index contributed by atoms with van der Waals surface area (Å²) in [7, 11) is -3.50. The Morgan fingerprint density at radius 1 is 1.00 bits per heavy atom. The van der Waals surface area contributed by atoms with E-state index >= 15 is 0 Å². The highest BCUT2D eigenvalue weighted by molar-refractivity contribution is 7.89. The molecule has 0 bridgehead atoms. The molecule has 0 fully saturated rings. The molecule has 0 radical (unpaired) electrons. The Balaban J connectivity index is 0.000000147. The Hall–Kier alpha value is -2.18. The number of hydrogen-bond acceptors (Lipinski definition) is 4. The van der Waals surface area contributed by atoms with Crippen LogP contribution in [0.15, 0.2) is 64.0 Å². The maximum atomic E-state index is 10.6. The molecule has 20 heavy (non-hydrogen) atoms. The van der Waals surface area contributed by atoms with Gasteiger partial charge in [-0.1, -0.05) is 35.5 Å². The highest BCUT2D eigenvalue weighted by atomic mass is 32.2. The summed E-state index contributed by atoms with van der Waals surface area (Å²) < 4.78 is 26.2. The lowest BCUT2D eigenvalue weighted by atomic mass is 10.2. The first-order valence-corrected chi connectivity index (χ1v) is 7.42. The van der Waals surface area contributed by atoms with Crippen LogP contribution >= 0.6 is 0 Å². The molecule has 2 N–H and O–H groups in total. The molecule has 0 aliphatic carbocycles. The molecule has 0 unspecified atom stereocenters. The van der Waals surface area contributed by atoms with E-state index in [0.717, 1.165) is 16.7 Å². The quantitative estimate of drug-likeness (QED) is 0.746. The van der Waals surface area contributed by atoms with E-state index < -0.39 is 10.0 Å². The maximum absolute atomic E-state index is 10.6. The minimum Gasteiger partial charge on any atom is -0.356 e. The van der Waals surface area contributed by atoms with E-state index in [0.29, 0.717) is 0 Å². The molecule has 0 saturated heterocycles. The Bertz CT molecular complexity index is 795. The molecule has 0 spiro atoms. The van der Waals surface area contributed by atoms with Gasteiger partial charge in [0.15, 0.2) is 5.58 Å². The van der Waals surface area contributed by atoms with Crippen molar-refractivity contribution in [2.24, 2.45) is 5.14 Å². The van der Waals surface area contributed by atoms with Crippen LogP contribution in [-0.4, -0.2) is 13.6 Å². The van der Waals surface area contributed by atoms with Crippen molar-refractivity contribution in [1.29, 1.82) is 0 Å². The molecule has 0 amide bonds. The van der Waals surface area contributed by atoms with Gasteiger partial charge in [0.05, 0.1) is 10.6 Å². The second-order valence-corrected chi connectivity index (χ2v) is 5.68. The van der Waals surface area contributed by atoms with Crippen molar-refractivity contribution < 1.29 is 12.9 Å². The second kappa shape index (κ2) is 5.85. The summed E-state index contributed by atoms with van der Waals surface area (Å²) in [6, 6.07) is 15.7. The number of benzene rings is 2. The maximum Gasteiger partial charge on any atom is 0.238 e. The fourth-order valence-corrected chi connectivity index (χ4v) is 2.16. The average molecular weight is 290 g/mol. The Morgan fingerprint density at radius 2 is 1.60 bits per heavy atom. The molecule has 2 aromatic carbocycles. The lowest BCUT2D eigenvalue weighted by Crippen LogP contribution is -2.11. The standard InChI is InChI=1S/C8H7NO.C6H7NO2S/c1-6-7-4-2-3-5-8(7)10-9-6;7-10(8,9)6-4-2-1-3-5-6/h2-5H,1H3;1-5H,(H2,7,8,9). The first-order chi connectivity index (χ1) is 9.48. The van der Waals surface area contributed by atoms with Gasteiger partial charge in [-0.2, -0.15) is 0 Å². The Morgan fingerprint density at radius 3 is 2.15 bits per heavy atom. The molecule has 5 nitrogen and oxygen atoms in total. The summed E-state index contributed by atoms with van der Waals surface area (Å²) >= 11 is 0. The number of nitrogens with zero attached hydrogens (tertiary/aromatic N) is 1. The van der Waals surface area contributed by atoms with Crippen LogP contribution in [0.3, 0.4) is 0 Å². The van der Waals surface area contributed by atoms with Crippen molar-refractivity contribution >= 4 is 21.0 Å². The number of hydrogen-bond donors (Lipinski definition) is 1. The highest BCUT2D eigenvalue weighted by Crippen LogP contribution is 2.15. The van der Waals surface area contributed by atoms with Gasteiger partial charge in [-0.25, -0.2) is 13.6 Å². The Kier molecular flexibility index (Phi) is 4.16. The zero-order chi connectivity index (χ0) is 14.6. The molecule has 0 aliphatic heterocycles. The molecule has 0 atom stereocenters. The summed E-state index contributed by atoms with van der Waals surface area (Å²) in [6.45, 7) is 1.94. The number of aromatic nitrogens is 1. The predicted molar refractivity (Wildman–Crippen MR) is 76.6 cm³/mol. The fourth-order valence-electron chi connectivity index (χ4n) is 1.62.